The van der Waals surface area contributed by atoms with E-state index in [4.69, 9.17) is 27.9 Å². The lowest BCUT2D eigenvalue weighted by atomic mass is 10.3. The second-order valence-electron chi connectivity index (χ2n) is 4.04. The number of amides is 1. The molecule has 0 aliphatic rings. The van der Waals surface area contributed by atoms with Gasteiger partial charge in [-0.1, -0.05) is 29.3 Å². The number of carbonyl (C=O) groups is 1. The molecule has 0 aliphatic heterocycles. The maximum atomic E-state index is 11.6. The quantitative estimate of drug-likeness (QED) is 0.875. The highest BCUT2D eigenvalue weighted by Crippen LogP contribution is 2.27. The van der Waals surface area contributed by atoms with Gasteiger partial charge >= 0.3 is 0 Å². The van der Waals surface area contributed by atoms with Crippen molar-refractivity contribution in [3.8, 4) is 5.75 Å². The summed E-state index contributed by atoms with van der Waals surface area (Å²) < 4.78 is 5.34. The molecule has 0 spiro atoms. The average Bonchev–Trinajstić information content (AvgIpc) is 2.91. The van der Waals surface area contributed by atoms with E-state index in [9.17, 15) is 4.79 Å². The Bertz CT molecular complexity index is 573. The fraction of sp³-hybridized carbons (Fsp3) is 0.214. The van der Waals surface area contributed by atoms with Crippen molar-refractivity contribution in [2.75, 3.05) is 13.2 Å². The number of rotatable bonds is 6. The van der Waals surface area contributed by atoms with Crippen molar-refractivity contribution >= 4 is 40.4 Å². The lowest BCUT2D eigenvalue weighted by molar-refractivity contribution is -0.123. The third-order valence-corrected chi connectivity index (χ3v) is 3.99. The van der Waals surface area contributed by atoms with Gasteiger partial charge < -0.3 is 10.1 Å². The molecule has 0 bridgehead atoms. The zero-order valence-corrected chi connectivity index (χ0v) is 12.9. The molecule has 0 fully saturated rings. The smallest absolute Gasteiger partial charge is 0.257 e. The van der Waals surface area contributed by atoms with E-state index >= 15 is 0 Å². The molecule has 0 atom stereocenters. The van der Waals surface area contributed by atoms with Crippen molar-refractivity contribution in [3.05, 3.63) is 50.6 Å². The number of ether oxygens (including phenoxy) is 1. The first kappa shape index (κ1) is 15.2. The zero-order chi connectivity index (χ0) is 14.4. The van der Waals surface area contributed by atoms with Crippen LogP contribution in [-0.2, 0) is 11.2 Å². The monoisotopic (exact) mass is 329 g/mol. The van der Waals surface area contributed by atoms with Crippen LogP contribution >= 0.6 is 34.5 Å². The fourth-order valence-electron chi connectivity index (χ4n) is 1.57. The van der Waals surface area contributed by atoms with Gasteiger partial charge in [-0.3, -0.25) is 4.79 Å². The second kappa shape index (κ2) is 7.53. The molecular formula is C14H13Cl2NO2S. The van der Waals surface area contributed by atoms with Gasteiger partial charge in [-0.15, -0.1) is 11.3 Å². The van der Waals surface area contributed by atoms with E-state index in [-0.39, 0.29) is 12.5 Å². The van der Waals surface area contributed by atoms with Crippen LogP contribution in [0.25, 0.3) is 0 Å². The van der Waals surface area contributed by atoms with Crippen LogP contribution in [-0.4, -0.2) is 19.1 Å². The Kier molecular flexibility index (Phi) is 5.71. The van der Waals surface area contributed by atoms with Crippen molar-refractivity contribution in [1.82, 2.24) is 5.32 Å². The molecule has 6 heteroatoms. The van der Waals surface area contributed by atoms with E-state index in [0.717, 1.165) is 6.42 Å². The molecule has 0 saturated heterocycles. The van der Waals surface area contributed by atoms with E-state index < -0.39 is 0 Å². The summed E-state index contributed by atoms with van der Waals surface area (Å²) in [5.74, 6) is 0.275. The largest absolute Gasteiger partial charge is 0.482 e. The summed E-state index contributed by atoms with van der Waals surface area (Å²) in [6, 6.07) is 8.92. The molecule has 1 heterocycles. The molecule has 0 unspecified atom stereocenters. The lowest BCUT2D eigenvalue weighted by Crippen LogP contribution is -2.30. The van der Waals surface area contributed by atoms with Gasteiger partial charge in [0.15, 0.2) is 6.61 Å². The SMILES string of the molecule is O=C(COc1ccc(Cl)cc1Cl)NCCc1cccs1. The summed E-state index contributed by atoms with van der Waals surface area (Å²) in [5.41, 5.74) is 0. The van der Waals surface area contributed by atoms with E-state index in [0.29, 0.717) is 22.3 Å². The number of nitrogens with one attached hydrogen (secondary N) is 1. The van der Waals surface area contributed by atoms with Crippen LogP contribution in [0.2, 0.25) is 10.0 Å². The lowest BCUT2D eigenvalue weighted by Gasteiger charge is -2.08. The van der Waals surface area contributed by atoms with Gasteiger partial charge in [0.2, 0.25) is 0 Å². The first-order valence-corrected chi connectivity index (χ1v) is 7.65. The molecule has 2 rings (SSSR count). The van der Waals surface area contributed by atoms with E-state index in [1.54, 1.807) is 29.5 Å². The van der Waals surface area contributed by atoms with Gasteiger partial charge in [0.1, 0.15) is 5.75 Å². The highest BCUT2D eigenvalue weighted by Gasteiger charge is 2.06. The Hall–Kier alpha value is -1.23. The van der Waals surface area contributed by atoms with Crippen LogP contribution in [0.5, 0.6) is 5.75 Å². The zero-order valence-electron chi connectivity index (χ0n) is 10.6. The summed E-state index contributed by atoms with van der Waals surface area (Å²) in [5, 5.41) is 5.74. The molecule has 0 saturated carbocycles. The number of carbonyl (C=O) groups excluding carboxylic acids is 1. The third kappa shape index (κ3) is 4.71. The third-order valence-electron chi connectivity index (χ3n) is 2.53. The van der Waals surface area contributed by atoms with E-state index in [1.165, 1.54) is 4.88 Å². The van der Waals surface area contributed by atoms with E-state index in [1.807, 2.05) is 17.5 Å². The van der Waals surface area contributed by atoms with E-state index in [2.05, 4.69) is 5.32 Å². The Morgan fingerprint density at radius 3 is 2.85 bits per heavy atom. The molecule has 3 nitrogen and oxygen atoms in total. The minimum absolute atomic E-state index is 0.0637. The Balaban J connectivity index is 1.72. The fourth-order valence-corrected chi connectivity index (χ4v) is 2.74. The Morgan fingerprint density at radius 2 is 2.15 bits per heavy atom. The Morgan fingerprint density at radius 1 is 1.30 bits per heavy atom. The second-order valence-corrected chi connectivity index (χ2v) is 5.92. The number of halogens is 2. The summed E-state index contributed by atoms with van der Waals surface area (Å²) in [7, 11) is 0. The van der Waals surface area contributed by atoms with Crippen molar-refractivity contribution in [1.29, 1.82) is 0 Å². The molecule has 1 N–H and O–H groups in total. The van der Waals surface area contributed by atoms with Crippen molar-refractivity contribution in [2.24, 2.45) is 0 Å². The van der Waals surface area contributed by atoms with Crippen molar-refractivity contribution in [2.45, 2.75) is 6.42 Å². The topological polar surface area (TPSA) is 38.3 Å². The standard InChI is InChI=1S/C14H13Cl2NO2S/c15-10-3-4-13(12(16)8-10)19-9-14(18)17-6-5-11-2-1-7-20-11/h1-4,7-8H,5-6,9H2,(H,17,18). The number of hydrogen-bond donors (Lipinski definition) is 1. The van der Waals surface area contributed by atoms with Crippen LogP contribution in [0.15, 0.2) is 35.7 Å². The highest BCUT2D eigenvalue weighted by atomic mass is 35.5. The van der Waals surface area contributed by atoms with Gasteiger partial charge in [0.25, 0.3) is 5.91 Å². The average molecular weight is 330 g/mol. The molecule has 0 aliphatic carbocycles. The van der Waals surface area contributed by atoms with Crippen LogP contribution in [0.3, 0.4) is 0 Å². The summed E-state index contributed by atoms with van der Waals surface area (Å²) >= 11 is 13.4. The summed E-state index contributed by atoms with van der Waals surface area (Å²) in [6.07, 6.45) is 0.825. The molecule has 1 aromatic heterocycles. The molecule has 2 aromatic rings. The van der Waals surface area contributed by atoms with Gasteiger partial charge in [-0.25, -0.2) is 0 Å². The van der Waals surface area contributed by atoms with Crippen molar-refractivity contribution < 1.29 is 9.53 Å². The minimum Gasteiger partial charge on any atom is -0.482 e. The van der Waals surface area contributed by atoms with Gasteiger partial charge in [0, 0.05) is 16.4 Å². The number of hydrogen-bond acceptors (Lipinski definition) is 3. The Labute approximate surface area is 131 Å². The van der Waals surface area contributed by atoms with Crippen LogP contribution in [0, 0.1) is 0 Å². The maximum Gasteiger partial charge on any atom is 0.257 e. The van der Waals surface area contributed by atoms with Crippen LogP contribution in [0.4, 0.5) is 0 Å². The predicted molar refractivity (Wildman–Crippen MR) is 83.0 cm³/mol. The van der Waals surface area contributed by atoms with Gasteiger partial charge in [-0.05, 0) is 36.1 Å². The molecule has 1 amide bonds. The number of thiophene rings is 1. The van der Waals surface area contributed by atoms with Crippen LogP contribution < -0.4 is 10.1 Å². The molecule has 0 radical (unpaired) electrons. The van der Waals surface area contributed by atoms with Crippen molar-refractivity contribution in [3.63, 3.8) is 0 Å². The predicted octanol–water partition coefficient (Wildman–Crippen LogP) is 3.79. The van der Waals surface area contributed by atoms with Crippen LogP contribution in [0.1, 0.15) is 4.88 Å². The first-order valence-electron chi connectivity index (χ1n) is 6.02. The maximum absolute atomic E-state index is 11.6. The molecule has 20 heavy (non-hydrogen) atoms. The molecule has 106 valence electrons. The summed E-state index contributed by atoms with van der Waals surface area (Å²) in [4.78, 5) is 12.9. The number of benzene rings is 1. The molecular weight excluding hydrogens is 317 g/mol. The first-order chi connectivity index (χ1) is 9.65. The summed E-state index contributed by atoms with van der Waals surface area (Å²) in [6.45, 7) is 0.531. The highest BCUT2D eigenvalue weighted by molar-refractivity contribution is 7.09. The molecule has 1 aromatic carbocycles. The van der Waals surface area contributed by atoms with Gasteiger partial charge in [-0.2, -0.15) is 0 Å². The minimum atomic E-state index is -0.174. The normalized spacial score (nSPS) is 10.3. The van der Waals surface area contributed by atoms with Gasteiger partial charge in [0.05, 0.1) is 5.02 Å².